The number of benzene rings is 3. The lowest BCUT2D eigenvalue weighted by Gasteiger charge is -2.28. The van der Waals surface area contributed by atoms with Crippen LogP contribution in [0.3, 0.4) is 0 Å². The van der Waals surface area contributed by atoms with E-state index in [0.29, 0.717) is 0 Å². The average molecular weight is 491 g/mol. The van der Waals surface area contributed by atoms with Crippen molar-refractivity contribution in [1.29, 1.82) is 0 Å². The Morgan fingerprint density at radius 2 is 1.06 bits per heavy atom. The van der Waals surface area contributed by atoms with Crippen LogP contribution in [-0.2, 0) is 4.79 Å². The maximum Gasteiger partial charge on any atom is 0.145 e. The van der Waals surface area contributed by atoms with Crippen molar-refractivity contribution in [3.63, 3.8) is 0 Å². The van der Waals surface area contributed by atoms with Crippen LogP contribution in [0.1, 0.15) is 13.8 Å². The normalized spacial score (nSPS) is 12.5. The minimum absolute atomic E-state index is 0. The van der Waals surface area contributed by atoms with Crippen LogP contribution in [0.5, 0.6) is 0 Å². The third-order valence-electron chi connectivity index (χ3n) is 5.11. The molecule has 0 radical (unpaired) electrons. The summed E-state index contributed by atoms with van der Waals surface area (Å²) in [7, 11) is -1.86. The second-order valence-corrected chi connectivity index (χ2v) is 10.9. The molecule has 0 unspecified atom stereocenters. The molecule has 0 aliphatic carbocycles. The van der Waals surface area contributed by atoms with Gasteiger partial charge in [-0.05, 0) is 61.4 Å². The summed E-state index contributed by atoms with van der Waals surface area (Å²) < 4.78 is 0. The Labute approximate surface area is 197 Å². The maximum absolute atomic E-state index is 10.8. The monoisotopic (exact) mass is 490 g/mol. The second-order valence-electron chi connectivity index (χ2n) is 7.40. The standard InChI is InChI=1S/C28H28OP.BrH/c1-24(22-29)14-12-13-15-25(2)23-30(26-16-6-3-7-17-26,27-18-8-4-9-19-27)28-20-10-5-11-21-28;/h3-22H,23H2,1-2H3;1H/q+1;/p-1/b13-12+,24-14+,25-15+;. The van der Waals surface area contributed by atoms with E-state index in [0.717, 1.165) is 18.0 Å². The van der Waals surface area contributed by atoms with Crippen molar-refractivity contribution in [1.82, 2.24) is 0 Å². The Morgan fingerprint density at radius 1 is 0.677 bits per heavy atom. The summed E-state index contributed by atoms with van der Waals surface area (Å²) in [6, 6.07) is 32.7. The van der Waals surface area contributed by atoms with E-state index in [9.17, 15) is 4.79 Å². The number of halogens is 1. The summed E-state index contributed by atoms with van der Waals surface area (Å²) in [5.41, 5.74) is 2.03. The van der Waals surface area contributed by atoms with Crippen LogP contribution in [0.25, 0.3) is 0 Å². The summed E-state index contributed by atoms with van der Waals surface area (Å²) in [6.45, 7) is 4.01. The number of allylic oxidation sites excluding steroid dienone is 6. The summed E-state index contributed by atoms with van der Waals surface area (Å²) in [6.07, 6.45) is 9.80. The fraction of sp³-hybridized carbons (Fsp3) is 0.107. The highest BCUT2D eigenvalue weighted by molar-refractivity contribution is 7.95. The van der Waals surface area contributed by atoms with E-state index in [2.05, 4.69) is 104 Å². The van der Waals surface area contributed by atoms with Crippen molar-refractivity contribution in [2.24, 2.45) is 0 Å². The van der Waals surface area contributed by atoms with Gasteiger partial charge in [-0.1, -0.05) is 78.9 Å². The van der Waals surface area contributed by atoms with Crippen LogP contribution in [0.2, 0.25) is 0 Å². The lowest BCUT2D eigenvalue weighted by atomic mass is 10.2. The molecule has 0 amide bonds. The van der Waals surface area contributed by atoms with Crippen LogP contribution in [0, 0.1) is 0 Å². The Balaban J connectivity index is 0.00000341. The average Bonchev–Trinajstić information content (AvgIpc) is 2.82. The summed E-state index contributed by atoms with van der Waals surface area (Å²) >= 11 is 0. The van der Waals surface area contributed by atoms with Crippen molar-refractivity contribution in [3.05, 3.63) is 126 Å². The topological polar surface area (TPSA) is 17.1 Å². The molecule has 31 heavy (non-hydrogen) atoms. The molecule has 0 N–H and O–H groups in total. The molecule has 3 heteroatoms. The molecule has 158 valence electrons. The third kappa shape index (κ3) is 6.23. The number of aldehydes is 1. The zero-order chi connectivity index (χ0) is 21.2. The van der Waals surface area contributed by atoms with Gasteiger partial charge in [0, 0.05) is 0 Å². The van der Waals surface area contributed by atoms with E-state index in [1.54, 1.807) is 0 Å². The highest BCUT2D eigenvalue weighted by atomic mass is 79.9. The van der Waals surface area contributed by atoms with Gasteiger partial charge >= 0.3 is 0 Å². The van der Waals surface area contributed by atoms with Gasteiger partial charge < -0.3 is 17.0 Å². The van der Waals surface area contributed by atoms with Gasteiger partial charge in [-0.3, -0.25) is 4.79 Å². The Hall–Kier alpha value is -2.54. The Kier molecular flexibility index (Phi) is 9.85. The fourth-order valence-electron chi connectivity index (χ4n) is 3.66. The van der Waals surface area contributed by atoms with E-state index in [-0.39, 0.29) is 17.0 Å². The molecule has 3 aromatic carbocycles. The lowest BCUT2D eigenvalue weighted by Crippen LogP contribution is -3.00. The second kappa shape index (κ2) is 12.3. The van der Waals surface area contributed by atoms with Gasteiger partial charge in [-0.2, -0.15) is 0 Å². The first-order chi connectivity index (χ1) is 14.7. The zero-order valence-corrected chi connectivity index (χ0v) is 20.5. The number of hydrogen-bond acceptors (Lipinski definition) is 1. The Bertz CT molecular complexity index is 941. The number of carbonyl (C=O) groups is 1. The quantitative estimate of drug-likeness (QED) is 0.205. The maximum atomic E-state index is 10.8. The summed E-state index contributed by atoms with van der Waals surface area (Å²) in [4.78, 5) is 10.8. The molecular formula is C28H28BrOP. The molecule has 0 bridgehead atoms. The van der Waals surface area contributed by atoms with Gasteiger partial charge in [-0.15, -0.1) is 0 Å². The number of carbonyl (C=O) groups excluding carboxylic acids is 1. The van der Waals surface area contributed by atoms with Crippen LogP contribution in [0.15, 0.2) is 126 Å². The molecule has 0 heterocycles. The van der Waals surface area contributed by atoms with Crippen molar-refractivity contribution in [2.75, 3.05) is 6.16 Å². The predicted molar refractivity (Wildman–Crippen MR) is 133 cm³/mol. The van der Waals surface area contributed by atoms with Gasteiger partial charge in [0.1, 0.15) is 29.5 Å². The minimum Gasteiger partial charge on any atom is -1.00 e. The molecule has 0 aliphatic heterocycles. The van der Waals surface area contributed by atoms with Gasteiger partial charge in [0.25, 0.3) is 0 Å². The highest BCUT2D eigenvalue weighted by Gasteiger charge is 2.45. The van der Waals surface area contributed by atoms with Crippen molar-refractivity contribution < 1.29 is 21.8 Å². The number of rotatable bonds is 8. The molecule has 0 saturated carbocycles. The molecule has 0 aliphatic rings. The van der Waals surface area contributed by atoms with Crippen molar-refractivity contribution >= 4 is 29.5 Å². The fourth-order valence-corrected chi connectivity index (χ4v) is 8.00. The van der Waals surface area contributed by atoms with Gasteiger partial charge in [0.05, 0.1) is 6.16 Å². The lowest BCUT2D eigenvalue weighted by molar-refractivity contribution is -0.104. The summed E-state index contributed by atoms with van der Waals surface area (Å²) in [5.74, 6) is 0. The predicted octanol–water partition coefficient (Wildman–Crippen LogP) is 2.63. The minimum atomic E-state index is -1.86. The molecular weight excluding hydrogens is 463 g/mol. The Morgan fingerprint density at radius 3 is 1.45 bits per heavy atom. The van der Waals surface area contributed by atoms with Gasteiger partial charge in [0.15, 0.2) is 0 Å². The van der Waals surface area contributed by atoms with Gasteiger partial charge in [0.2, 0.25) is 0 Å². The molecule has 0 aromatic heterocycles. The van der Waals surface area contributed by atoms with Crippen molar-refractivity contribution in [3.8, 4) is 0 Å². The molecule has 0 fully saturated rings. The van der Waals surface area contributed by atoms with Crippen LogP contribution < -0.4 is 32.9 Å². The largest absolute Gasteiger partial charge is 1.00 e. The molecule has 1 nitrogen and oxygen atoms in total. The van der Waals surface area contributed by atoms with Crippen LogP contribution >= 0.6 is 7.26 Å². The van der Waals surface area contributed by atoms with Crippen LogP contribution in [-0.4, -0.2) is 12.4 Å². The van der Waals surface area contributed by atoms with E-state index in [1.807, 2.05) is 25.2 Å². The summed E-state index contributed by atoms with van der Waals surface area (Å²) in [5, 5.41) is 4.16. The zero-order valence-electron chi connectivity index (χ0n) is 18.0. The smallest absolute Gasteiger partial charge is 0.145 e. The highest BCUT2D eigenvalue weighted by Crippen LogP contribution is 2.56. The molecule has 3 aromatic rings. The SMILES string of the molecule is C\C(C=O)=C/C=C/C=C(\C)C[P+](c1ccccc1)(c1ccccc1)c1ccccc1.[Br-]. The van der Waals surface area contributed by atoms with E-state index < -0.39 is 7.26 Å². The molecule has 0 saturated heterocycles. The first-order valence-electron chi connectivity index (χ1n) is 10.2. The first-order valence-corrected chi connectivity index (χ1v) is 12.1. The van der Waals surface area contributed by atoms with Gasteiger partial charge in [-0.25, -0.2) is 0 Å². The molecule has 0 atom stereocenters. The van der Waals surface area contributed by atoms with E-state index in [4.69, 9.17) is 0 Å². The molecule has 0 spiro atoms. The van der Waals surface area contributed by atoms with E-state index >= 15 is 0 Å². The van der Waals surface area contributed by atoms with Crippen LogP contribution in [0.4, 0.5) is 0 Å². The van der Waals surface area contributed by atoms with Crippen molar-refractivity contribution in [2.45, 2.75) is 13.8 Å². The van der Waals surface area contributed by atoms with E-state index in [1.165, 1.54) is 21.5 Å². The first kappa shape index (κ1) is 24.7. The molecule has 3 rings (SSSR count). The third-order valence-corrected chi connectivity index (χ3v) is 9.63. The number of hydrogen-bond donors (Lipinski definition) is 0.